The van der Waals surface area contributed by atoms with Crippen LogP contribution in [0.15, 0.2) is 47.8 Å². The third kappa shape index (κ3) is 6.29. The lowest BCUT2D eigenvalue weighted by molar-refractivity contribution is -0.122. The maximum absolute atomic E-state index is 12.2. The zero-order valence-corrected chi connectivity index (χ0v) is 15.6. The Bertz CT molecular complexity index is 627. The lowest BCUT2D eigenvalue weighted by Crippen LogP contribution is -2.48. The van der Waals surface area contributed by atoms with E-state index in [0.717, 1.165) is 45.3 Å². The van der Waals surface area contributed by atoms with E-state index in [1.54, 1.807) is 11.3 Å². The minimum absolute atomic E-state index is 0.214. The summed E-state index contributed by atoms with van der Waals surface area (Å²) in [7, 11) is 0. The fourth-order valence-electron chi connectivity index (χ4n) is 3.49. The molecule has 2 aromatic rings. The summed E-state index contributed by atoms with van der Waals surface area (Å²) in [5, 5.41) is 5.35. The summed E-state index contributed by atoms with van der Waals surface area (Å²) < 4.78 is 0. The Kier molecular flexibility index (Phi) is 7.07. The summed E-state index contributed by atoms with van der Waals surface area (Å²) in [6, 6.07) is 15.2. The highest BCUT2D eigenvalue weighted by Crippen LogP contribution is 2.14. The van der Waals surface area contributed by atoms with Crippen molar-refractivity contribution in [2.75, 3.05) is 19.6 Å². The molecule has 4 heteroatoms. The maximum atomic E-state index is 12.2. The Morgan fingerprint density at radius 1 is 1.16 bits per heavy atom. The van der Waals surface area contributed by atoms with Crippen LogP contribution in [0.1, 0.15) is 36.1 Å². The number of hydrogen-bond donors (Lipinski definition) is 1. The molecule has 1 aromatic heterocycles. The van der Waals surface area contributed by atoms with Crippen LogP contribution in [0.4, 0.5) is 0 Å². The highest BCUT2D eigenvalue weighted by atomic mass is 32.1. The lowest BCUT2D eigenvalue weighted by atomic mass is 10.0. The molecule has 0 aliphatic carbocycles. The molecule has 0 radical (unpaired) electrons. The quantitative estimate of drug-likeness (QED) is 0.778. The Morgan fingerprint density at radius 2 is 2.04 bits per heavy atom. The van der Waals surface area contributed by atoms with E-state index in [4.69, 9.17) is 0 Å². The fraction of sp³-hybridized carbons (Fsp3) is 0.476. The first-order valence-electron chi connectivity index (χ1n) is 9.37. The van der Waals surface area contributed by atoms with Crippen LogP contribution in [0.3, 0.4) is 0 Å². The van der Waals surface area contributed by atoms with Gasteiger partial charge in [-0.05, 0) is 55.7 Å². The van der Waals surface area contributed by atoms with Gasteiger partial charge in [0.05, 0.1) is 0 Å². The van der Waals surface area contributed by atoms with Gasteiger partial charge in [0.25, 0.3) is 0 Å². The predicted molar refractivity (Wildman–Crippen MR) is 105 cm³/mol. The van der Waals surface area contributed by atoms with Gasteiger partial charge < -0.3 is 10.2 Å². The first kappa shape index (κ1) is 18.2. The Morgan fingerprint density at radius 3 is 2.84 bits per heavy atom. The van der Waals surface area contributed by atoms with Crippen molar-refractivity contribution in [1.29, 1.82) is 0 Å². The normalized spacial score (nSPS) is 18.2. The number of nitrogens with zero attached hydrogens (tertiary/aromatic N) is 1. The zero-order chi connectivity index (χ0) is 17.3. The van der Waals surface area contributed by atoms with Crippen molar-refractivity contribution < 1.29 is 4.79 Å². The van der Waals surface area contributed by atoms with Gasteiger partial charge in [0.15, 0.2) is 0 Å². The van der Waals surface area contributed by atoms with Gasteiger partial charge in [0.2, 0.25) is 5.91 Å². The second-order valence-electron chi connectivity index (χ2n) is 6.88. The van der Waals surface area contributed by atoms with Crippen molar-refractivity contribution in [1.82, 2.24) is 10.2 Å². The molecule has 1 saturated heterocycles. The summed E-state index contributed by atoms with van der Waals surface area (Å²) in [4.78, 5) is 16.1. The number of amides is 1. The van der Waals surface area contributed by atoms with E-state index in [-0.39, 0.29) is 5.91 Å². The van der Waals surface area contributed by atoms with E-state index in [9.17, 15) is 4.79 Å². The number of aryl methyl sites for hydroxylation is 1. The molecule has 0 bridgehead atoms. The minimum atomic E-state index is 0.214. The number of piperidine rings is 1. The maximum Gasteiger partial charge on any atom is 0.220 e. The Balaban J connectivity index is 1.35. The molecule has 1 aliphatic heterocycles. The standard InChI is InChI=1S/C21H28N2OS/c24-21(12-4-10-20-11-6-16-25-20)22-19-9-5-14-23(17-19)15-13-18-7-2-1-3-8-18/h1-3,6-8,11,16,19H,4-5,9-10,12-15,17H2,(H,22,24). The number of likely N-dealkylation sites (tertiary alicyclic amines) is 1. The average molecular weight is 357 g/mol. The second kappa shape index (κ2) is 9.73. The fourth-order valence-corrected chi connectivity index (χ4v) is 4.24. The van der Waals surface area contributed by atoms with Crippen molar-refractivity contribution in [3.8, 4) is 0 Å². The summed E-state index contributed by atoms with van der Waals surface area (Å²) >= 11 is 1.78. The molecular formula is C21H28N2OS. The zero-order valence-electron chi connectivity index (χ0n) is 14.8. The van der Waals surface area contributed by atoms with Crippen molar-refractivity contribution in [2.45, 2.75) is 44.6 Å². The summed E-state index contributed by atoms with van der Waals surface area (Å²) in [5.74, 6) is 0.214. The monoisotopic (exact) mass is 356 g/mol. The molecule has 1 fully saturated rings. The number of thiophene rings is 1. The van der Waals surface area contributed by atoms with E-state index >= 15 is 0 Å². The first-order chi connectivity index (χ1) is 12.3. The van der Waals surface area contributed by atoms with Gasteiger partial charge in [-0.1, -0.05) is 36.4 Å². The summed E-state index contributed by atoms with van der Waals surface area (Å²) in [6.07, 6.45) is 5.96. The third-order valence-electron chi connectivity index (χ3n) is 4.84. The van der Waals surface area contributed by atoms with E-state index in [0.29, 0.717) is 12.5 Å². The topological polar surface area (TPSA) is 32.3 Å². The molecule has 1 aromatic carbocycles. The van der Waals surface area contributed by atoms with Crippen LogP contribution in [0.2, 0.25) is 0 Å². The highest BCUT2D eigenvalue weighted by Gasteiger charge is 2.20. The minimum Gasteiger partial charge on any atom is -0.352 e. The smallest absolute Gasteiger partial charge is 0.220 e. The van der Waals surface area contributed by atoms with E-state index in [1.165, 1.54) is 16.9 Å². The van der Waals surface area contributed by atoms with Crippen LogP contribution in [0.25, 0.3) is 0 Å². The predicted octanol–water partition coefficient (Wildman–Crippen LogP) is 3.89. The Labute approximate surface area is 155 Å². The van der Waals surface area contributed by atoms with Crippen LogP contribution in [-0.2, 0) is 17.6 Å². The molecule has 134 valence electrons. The molecule has 1 amide bonds. The van der Waals surface area contributed by atoms with Crippen LogP contribution >= 0.6 is 11.3 Å². The number of benzene rings is 1. The summed E-state index contributed by atoms with van der Waals surface area (Å²) in [5.41, 5.74) is 1.39. The molecule has 1 atom stereocenters. The summed E-state index contributed by atoms with van der Waals surface area (Å²) in [6.45, 7) is 3.22. The average Bonchev–Trinajstić information content (AvgIpc) is 3.15. The second-order valence-corrected chi connectivity index (χ2v) is 7.91. The largest absolute Gasteiger partial charge is 0.352 e. The number of carbonyl (C=O) groups excluding carboxylic acids is 1. The molecule has 0 spiro atoms. The van der Waals surface area contributed by atoms with Crippen LogP contribution in [0.5, 0.6) is 0 Å². The number of nitrogens with one attached hydrogen (secondary N) is 1. The van der Waals surface area contributed by atoms with Crippen molar-refractivity contribution in [3.05, 3.63) is 58.3 Å². The van der Waals surface area contributed by atoms with E-state index in [1.807, 2.05) is 0 Å². The Hall–Kier alpha value is -1.65. The molecule has 3 rings (SSSR count). The van der Waals surface area contributed by atoms with Crippen LogP contribution in [-0.4, -0.2) is 36.5 Å². The molecular weight excluding hydrogens is 328 g/mol. The molecule has 1 unspecified atom stereocenters. The molecule has 1 N–H and O–H groups in total. The number of hydrogen-bond acceptors (Lipinski definition) is 3. The molecule has 1 aliphatic rings. The third-order valence-corrected chi connectivity index (χ3v) is 5.77. The van der Waals surface area contributed by atoms with E-state index < -0.39 is 0 Å². The van der Waals surface area contributed by atoms with Crippen molar-refractivity contribution in [2.24, 2.45) is 0 Å². The van der Waals surface area contributed by atoms with Crippen LogP contribution in [0, 0.1) is 0 Å². The molecule has 0 saturated carbocycles. The van der Waals surface area contributed by atoms with Gasteiger partial charge >= 0.3 is 0 Å². The van der Waals surface area contributed by atoms with Crippen LogP contribution < -0.4 is 5.32 Å². The first-order valence-corrected chi connectivity index (χ1v) is 10.3. The van der Waals surface area contributed by atoms with Gasteiger partial charge in [-0.15, -0.1) is 11.3 Å². The lowest BCUT2D eigenvalue weighted by Gasteiger charge is -2.33. The highest BCUT2D eigenvalue weighted by molar-refractivity contribution is 7.09. The van der Waals surface area contributed by atoms with Crippen molar-refractivity contribution >= 4 is 17.2 Å². The molecule has 2 heterocycles. The molecule has 25 heavy (non-hydrogen) atoms. The van der Waals surface area contributed by atoms with Gasteiger partial charge in [-0.25, -0.2) is 0 Å². The van der Waals surface area contributed by atoms with Gasteiger partial charge in [-0.2, -0.15) is 0 Å². The van der Waals surface area contributed by atoms with Gasteiger partial charge in [0.1, 0.15) is 0 Å². The molecule has 3 nitrogen and oxygen atoms in total. The number of carbonyl (C=O) groups is 1. The SMILES string of the molecule is O=C(CCCc1cccs1)NC1CCCN(CCc2ccccc2)C1. The van der Waals surface area contributed by atoms with Gasteiger partial charge in [-0.3, -0.25) is 4.79 Å². The van der Waals surface area contributed by atoms with E-state index in [2.05, 4.69) is 58.1 Å². The van der Waals surface area contributed by atoms with Crippen molar-refractivity contribution in [3.63, 3.8) is 0 Å². The van der Waals surface area contributed by atoms with Gasteiger partial charge in [0, 0.05) is 30.4 Å². The number of rotatable bonds is 8.